The van der Waals surface area contributed by atoms with Gasteiger partial charge in [-0.1, -0.05) is 12.1 Å². The van der Waals surface area contributed by atoms with E-state index in [0.717, 1.165) is 0 Å². The number of halogens is 1. The average molecular weight is 291 g/mol. The topological polar surface area (TPSA) is 70.8 Å². The number of carbonyl (C=O) groups excluding carboxylic acids is 1. The van der Waals surface area contributed by atoms with Crippen LogP contribution in [0.5, 0.6) is 0 Å². The largest absolute Gasteiger partial charge is 0.480 e. The van der Waals surface area contributed by atoms with Crippen molar-refractivity contribution in [2.24, 2.45) is 0 Å². The van der Waals surface area contributed by atoms with Gasteiger partial charge in [-0.15, -0.1) is 0 Å². The predicted molar refractivity (Wildman–Crippen MR) is 72.6 cm³/mol. The van der Waals surface area contributed by atoms with E-state index in [1.807, 2.05) is 0 Å². The van der Waals surface area contributed by atoms with Crippen molar-refractivity contribution in [1.29, 1.82) is 0 Å². The lowest BCUT2D eigenvalue weighted by Gasteiger charge is -2.20. The summed E-state index contributed by atoms with van der Waals surface area (Å²) in [6.45, 7) is 2.04. The molecule has 1 saturated heterocycles. The highest BCUT2D eigenvalue weighted by atomic mass is 19.1. The summed E-state index contributed by atoms with van der Waals surface area (Å²) in [6, 6.07) is 3.64. The highest BCUT2D eigenvalue weighted by Gasteiger charge is 2.36. The van der Waals surface area contributed by atoms with Gasteiger partial charge in [-0.05, 0) is 25.8 Å². The SMILES string of the molecule is Cc1c(C(=O)N2CCC[C@@H]2C(=O)O)oc2c(F)cccc12. The Morgan fingerprint density at radius 3 is 2.86 bits per heavy atom. The normalized spacial score (nSPS) is 18.4. The molecule has 1 fully saturated rings. The molecule has 0 bridgehead atoms. The van der Waals surface area contributed by atoms with Gasteiger partial charge in [0.15, 0.2) is 17.2 Å². The Morgan fingerprint density at radius 1 is 1.43 bits per heavy atom. The lowest BCUT2D eigenvalue weighted by Crippen LogP contribution is -2.40. The Bertz CT molecular complexity index is 737. The molecular formula is C15H14FNO4. The molecule has 2 aromatic rings. The van der Waals surface area contributed by atoms with E-state index in [9.17, 15) is 14.0 Å². The van der Waals surface area contributed by atoms with Crippen LogP contribution in [0, 0.1) is 12.7 Å². The summed E-state index contributed by atoms with van der Waals surface area (Å²) < 4.78 is 19.1. The van der Waals surface area contributed by atoms with Gasteiger partial charge < -0.3 is 14.4 Å². The van der Waals surface area contributed by atoms with Gasteiger partial charge in [-0.2, -0.15) is 0 Å². The molecule has 1 N–H and O–H groups in total. The molecule has 1 aromatic heterocycles. The minimum absolute atomic E-state index is 0.0169. The Morgan fingerprint density at radius 2 is 2.19 bits per heavy atom. The first-order valence-corrected chi connectivity index (χ1v) is 6.72. The molecule has 0 saturated carbocycles. The highest BCUT2D eigenvalue weighted by molar-refractivity contribution is 6.00. The van der Waals surface area contributed by atoms with Crippen molar-refractivity contribution in [1.82, 2.24) is 4.90 Å². The van der Waals surface area contributed by atoms with E-state index in [1.165, 1.54) is 11.0 Å². The molecular weight excluding hydrogens is 277 g/mol. The maximum atomic E-state index is 13.7. The van der Waals surface area contributed by atoms with Gasteiger partial charge in [-0.3, -0.25) is 4.79 Å². The lowest BCUT2D eigenvalue weighted by atomic mass is 10.1. The van der Waals surface area contributed by atoms with Gasteiger partial charge >= 0.3 is 5.97 Å². The predicted octanol–water partition coefficient (Wildman–Crippen LogP) is 2.57. The van der Waals surface area contributed by atoms with Crippen LogP contribution in [-0.4, -0.2) is 34.5 Å². The quantitative estimate of drug-likeness (QED) is 0.923. The van der Waals surface area contributed by atoms with Crippen molar-refractivity contribution in [2.75, 3.05) is 6.54 Å². The number of amides is 1. The number of fused-ring (bicyclic) bond motifs is 1. The van der Waals surface area contributed by atoms with Gasteiger partial charge in [0.2, 0.25) is 0 Å². The summed E-state index contributed by atoms with van der Waals surface area (Å²) in [5.41, 5.74) is 0.565. The van der Waals surface area contributed by atoms with Crippen molar-refractivity contribution in [2.45, 2.75) is 25.8 Å². The number of hydrogen-bond donors (Lipinski definition) is 1. The third kappa shape index (κ3) is 2.07. The van der Waals surface area contributed by atoms with E-state index in [0.29, 0.717) is 30.3 Å². The zero-order valence-electron chi connectivity index (χ0n) is 11.4. The van der Waals surface area contributed by atoms with Crippen LogP contribution in [0.4, 0.5) is 4.39 Å². The van der Waals surface area contributed by atoms with Crippen molar-refractivity contribution in [3.8, 4) is 0 Å². The first kappa shape index (κ1) is 13.6. The molecule has 2 heterocycles. The smallest absolute Gasteiger partial charge is 0.326 e. The molecule has 3 rings (SSSR count). The van der Waals surface area contributed by atoms with E-state index in [1.54, 1.807) is 19.1 Å². The monoisotopic (exact) mass is 291 g/mol. The second-order valence-electron chi connectivity index (χ2n) is 5.17. The van der Waals surface area contributed by atoms with Gasteiger partial charge in [0, 0.05) is 17.5 Å². The van der Waals surface area contributed by atoms with Gasteiger partial charge in [0.1, 0.15) is 6.04 Å². The maximum absolute atomic E-state index is 13.7. The maximum Gasteiger partial charge on any atom is 0.326 e. The molecule has 21 heavy (non-hydrogen) atoms. The first-order valence-electron chi connectivity index (χ1n) is 6.72. The van der Waals surface area contributed by atoms with Crippen molar-refractivity contribution >= 4 is 22.8 Å². The van der Waals surface area contributed by atoms with Gasteiger partial charge in [0.05, 0.1) is 0 Å². The van der Waals surface area contributed by atoms with E-state index in [4.69, 9.17) is 9.52 Å². The van der Waals surface area contributed by atoms with Crippen molar-refractivity contribution in [3.63, 3.8) is 0 Å². The lowest BCUT2D eigenvalue weighted by molar-refractivity contribution is -0.141. The number of carbonyl (C=O) groups is 2. The van der Waals surface area contributed by atoms with Crippen LogP contribution in [0.2, 0.25) is 0 Å². The molecule has 1 aromatic carbocycles. The summed E-state index contributed by atoms with van der Waals surface area (Å²) >= 11 is 0. The van der Waals surface area contributed by atoms with Crippen LogP contribution in [-0.2, 0) is 4.79 Å². The Hall–Kier alpha value is -2.37. The second-order valence-corrected chi connectivity index (χ2v) is 5.17. The van der Waals surface area contributed by atoms with Crippen LogP contribution < -0.4 is 0 Å². The minimum atomic E-state index is -1.03. The van der Waals surface area contributed by atoms with Crippen molar-refractivity contribution in [3.05, 3.63) is 35.3 Å². The summed E-state index contributed by atoms with van der Waals surface area (Å²) in [4.78, 5) is 25.0. The fraction of sp³-hybridized carbons (Fsp3) is 0.333. The molecule has 1 aliphatic heterocycles. The summed E-state index contributed by atoms with van der Waals surface area (Å²) in [6.07, 6.45) is 1.06. The summed E-state index contributed by atoms with van der Waals surface area (Å²) in [7, 11) is 0. The minimum Gasteiger partial charge on any atom is -0.480 e. The third-order valence-electron chi connectivity index (χ3n) is 3.91. The molecule has 6 heteroatoms. The average Bonchev–Trinajstić information content (AvgIpc) is 3.05. The number of hydrogen-bond acceptors (Lipinski definition) is 3. The van der Waals surface area contributed by atoms with E-state index >= 15 is 0 Å². The molecule has 1 aliphatic rings. The van der Waals surface area contributed by atoms with Crippen LogP contribution >= 0.6 is 0 Å². The number of rotatable bonds is 2. The molecule has 0 unspecified atom stereocenters. The Balaban J connectivity index is 2.04. The standard InChI is InChI=1S/C15H14FNO4/c1-8-9-4-2-5-10(16)13(9)21-12(8)14(18)17-7-3-6-11(17)15(19)20/h2,4-5,11H,3,6-7H2,1H3,(H,19,20)/t11-/m1/s1. The highest BCUT2D eigenvalue weighted by Crippen LogP contribution is 2.30. The number of benzene rings is 1. The number of para-hydroxylation sites is 1. The molecule has 0 radical (unpaired) electrons. The molecule has 0 spiro atoms. The van der Waals surface area contributed by atoms with Gasteiger partial charge in [0.25, 0.3) is 5.91 Å². The summed E-state index contributed by atoms with van der Waals surface area (Å²) in [5, 5.41) is 9.68. The number of aliphatic carboxylic acids is 1. The summed E-state index contributed by atoms with van der Waals surface area (Å²) in [5.74, 6) is -2.04. The fourth-order valence-corrected chi connectivity index (χ4v) is 2.81. The van der Waals surface area contributed by atoms with E-state index in [-0.39, 0.29) is 11.3 Å². The molecule has 1 amide bonds. The van der Waals surface area contributed by atoms with Crippen LogP contribution in [0.15, 0.2) is 22.6 Å². The van der Waals surface area contributed by atoms with Gasteiger partial charge in [-0.25, -0.2) is 9.18 Å². The Labute approximate surface area is 119 Å². The zero-order chi connectivity index (χ0) is 15.1. The Kier molecular flexibility index (Phi) is 3.16. The van der Waals surface area contributed by atoms with Crippen LogP contribution in [0.25, 0.3) is 11.0 Å². The molecule has 5 nitrogen and oxygen atoms in total. The third-order valence-corrected chi connectivity index (χ3v) is 3.91. The van der Waals surface area contributed by atoms with E-state index in [2.05, 4.69) is 0 Å². The fourth-order valence-electron chi connectivity index (χ4n) is 2.81. The first-order chi connectivity index (χ1) is 10.0. The number of likely N-dealkylation sites (tertiary alicyclic amines) is 1. The molecule has 0 aliphatic carbocycles. The number of carboxylic acids is 1. The van der Waals surface area contributed by atoms with Crippen LogP contribution in [0.1, 0.15) is 29.0 Å². The number of carboxylic acid groups (broad SMARTS) is 1. The number of furan rings is 1. The van der Waals surface area contributed by atoms with Crippen molar-refractivity contribution < 1.29 is 23.5 Å². The second kappa shape index (κ2) is 4.87. The van der Waals surface area contributed by atoms with Crippen LogP contribution in [0.3, 0.4) is 0 Å². The molecule has 1 atom stereocenters. The molecule has 110 valence electrons. The van der Waals surface area contributed by atoms with E-state index < -0.39 is 23.7 Å². The zero-order valence-corrected chi connectivity index (χ0v) is 11.4. The number of nitrogens with zero attached hydrogens (tertiary/aromatic N) is 1. The number of aryl methyl sites for hydroxylation is 1.